The molecular weight excluding hydrogens is 276 g/mol. The third kappa shape index (κ3) is 3.08. The number of rotatable bonds is 4. The van der Waals surface area contributed by atoms with E-state index in [0.29, 0.717) is 16.1 Å². The second-order valence-corrected chi connectivity index (χ2v) is 6.66. The Morgan fingerprint density at radius 3 is 2.55 bits per heavy atom. The molecule has 5 nitrogen and oxygen atoms in total. The summed E-state index contributed by atoms with van der Waals surface area (Å²) in [5.41, 5.74) is 6.46. The second kappa shape index (κ2) is 5.50. The van der Waals surface area contributed by atoms with Gasteiger partial charge < -0.3 is 10.3 Å². The number of sulfone groups is 1. The molecule has 2 aromatic rings. The van der Waals surface area contributed by atoms with Crippen molar-refractivity contribution in [1.29, 1.82) is 0 Å². The summed E-state index contributed by atoms with van der Waals surface area (Å²) in [4.78, 5) is 11.9. The fourth-order valence-corrected chi connectivity index (χ4v) is 3.46. The molecule has 20 heavy (non-hydrogen) atoms. The van der Waals surface area contributed by atoms with Gasteiger partial charge in [-0.2, -0.15) is 0 Å². The zero-order chi connectivity index (χ0) is 14.8. The lowest BCUT2D eigenvalue weighted by atomic mass is 10.2. The first-order chi connectivity index (χ1) is 9.40. The maximum Gasteiger partial charge on any atom is 0.250 e. The Morgan fingerprint density at radius 1 is 1.15 bits per heavy atom. The van der Waals surface area contributed by atoms with Crippen molar-refractivity contribution in [2.75, 3.05) is 11.5 Å². The Kier molecular flexibility index (Phi) is 3.94. The maximum atomic E-state index is 12.3. The van der Waals surface area contributed by atoms with Crippen molar-refractivity contribution in [2.45, 2.75) is 18.4 Å². The number of nitrogen functional groups attached to an aromatic ring is 1. The van der Waals surface area contributed by atoms with Gasteiger partial charge in [0.1, 0.15) is 0 Å². The van der Waals surface area contributed by atoms with Crippen LogP contribution in [0.1, 0.15) is 5.56 Å². The molecule has 106 valence electrons. The maximum absolute atomic E-state index is 12.3. The normalized spacial score (nSPS) is 11.4. The highest BCUT2D eigenvalue weighted by Crippen LogP contribution is 2.16. The summed E-state index contributed by atoms with van der Waals surface area (Å²) in [6, 6.07) is 9.63. The molecule has 6 heteroatoms. The molecule has 0 bridgehead atoms. The number of pyridine rings is 1. The van der Waals surface area contributed by atoms with Crippen molar-refractivity contribution in [3.8, 4) is 0 Å². The van der Waals surface area contributed by atoms with Crippen LogP contribution in [0.25, 0.3) is 0 Å². The van der Waals surface area contributed by atoms with Crippen molar-refractivity contribution in [3.05, 3.63) is 58.5 Å². The summed E-state index contributed by atoms with van der Waals surface area (Å²) in [6.45, 7) is 1.83. The van der Waals surface area contributed by atoms with Gasteiger partial charge in [-0.05, 0) is 24.6 Å². The highest BCUT2D eigenvalue weighted by atomic mass is 32.2. The van der Waals surface area contributed by atoms with Crippen molar-refractivity contribution in [3.63, 3.8) is 0 Å². The number of aromatic nitrogens is 1. The molecule has 0 amide bonds. The highest BCUT2D eigenvalue weighted by Gasteiger charge is 2.16. The van der Waals surface area contributed by atoms with E-state index >= 15 is 0 Å². The van der Waals surface area contributed by atoms with Crippen molar-refractivity contribution >= 4 is 15.5 Å². The predicted molar refractivity (Wildman–Crippen MR) is 78.3 cm³/mol. The lowest BCUT2D eigenvalue weighted by Crippen LogP contribution is -2.23. The monoisotopic (exact) mass is 292 g/mol. The van der Waals surface area contributed by atoms with Gasteiger partial charge in [0, 0.05) is 24.5 Å². The standard InChI is InChI=1S/C14H16N2O3S/c1-11-4-2-3-5-13(11)20(18,19)9-8-16-10-12(15)6-7-14(16)17/h2-7,10H,8-9,15H2,1H3. The van der Waals surface area contributed by atoms with Crippen LogP contribution in [0, 0.1) is 6.92 Å². The largest absolute Gasteiger partial charge is 0.398 e. The molecule has 0 fully saturated rings. The fourth-order valence-electron chi connectivity index (χ4n) is 1.96. The van der Waals surface area contributed by atoms with Gasteiger partial charge in [0.25, 0.3) is 5.56 Å². The molecule has 0 aliphatic heterocycles. The quantitative estimate of drug-likeness (QED) is 0.918. The average Bonchev–Trinajstić information content (AvgIpc) is 2.40. The van der Waals surface area contributed by atoms with Crippen LogP contribution in [0.4, 0.5) is 5.69 Å². The Labute approximate surface area is 117 Å². The number of hydrogen-bond donors (Lipinski definition) is 1. The zero-order valence-electron chi connectivity index (χ0n) is 11.1. The van der Waals surface area contributed by atoms with Crippen LogP contribution >= 0.6 is 0 Å². The Bertz CT molecular complexity index is 779. The third-order valence-electron chi connectivity index (χ3n) is 3.04. The number of nitrogens with zero attached hydrogens (tertiary/aromatic N) is 1. The first-order valence-corrected chi connectivity index (χ1v) is 7.80. The van der Waals surface area contributed by atoms with E-state index in [9.17, 15) is 13.2 Å². The molecule has 0 spiro atoms. The first kappa shape index (κ1) is 14.3. The molecule has 1 aromatic heterocycles. The molecule has 0 aliphatic rings. The molecule has 0 aliphatic carbocycles. The second-order valence-electron chi connectivity index (χ2n) is 4.58. The smallest absolute Gasteiger partial charge is 0.250 e. The average molecular weight is 292 g/mol. The summed E-state index contributed by atoms with van der Waals surface area (Å²) in [7, 11) is -3.42. The minimum Gasteiger partial charge on any atom is -0.398 e. The lowest BCUT2D eigenvalue weighted by molar-refractivity contribution is 0.586. The summed E-state index contributed by atoms with van der Waals surface area (Å²) in [5, 5.41) is 0. The highest BCUT2D eigenvalue weighted by molar-refractivity contribution is 7.91. The van der Waals surface area contributed by atoms with E-state index in [1.165, 1.54) is 22.9 Å². The zero-order valence-corrected chi connectivity index (χ0v) is 11.9. The minimum absolute atomic E-state index is 0.0839. The third-order valence-corrected chi connectivity index (χ3v) is 4.88. The van der Waals surface area contributed by atoms with E-state index in [1.54, 1.807) is 31.2 Å². The molecule has 0 radical (unpaired) electrons. The number of hydrogen-bond acceptors (Lipinski definition) is 4. The summed E-state index contributed by atoms with van der Waals surface area (Å²) >= 11 is 0. The van der Waals surface area contributed by atoms with E-state index in [1.807, 2.05) is 0 Å². The summed E-state index contributed by atoms with van der Waals surface area (Å²) in [6.07, 6.45) is 1.45. The van der Waals surface area contributed by atoms with Gasteiger partial charge in [0.2, 0.25) is 0 Å². The number of aryl methyl sites for hydroxylation is 2. The van der Waals surface area contributed by atoms with E-state index in [-0.39, 0.29) is 17.9 Å². The Hall–Kier alpha value is -2.08. The summed E-state index contributed by atoms with van der Waals surface area (Å²) in [5.74, 6) is -0.138. The number of anilines is 1. The van der Waals surface area contributed by atoms with E-state index in [4.69, 9.17) is 5.73 Å². The van der Waals surface area contributed by atoms with Gasteiger partial charge >= 0.3 is 0 Å². The summed E-state index contributed by atoms with van der Waals surface area (Å²) < 4.78 is 25.9. The number of benzene rings is 1. The molecule has 1 heterocycles. The van der Waals surface area contributed by atoms with Gasteiger partial charge in [0.05, 0.1) is 10.6 Å². The molecular formula is C14H16N2O3S. The molecule has 2 rings (SSSR count). The van der Waals surface area contributed by atoms with Crippen LogP contribution in [-0.4, -0.2) is 18.7 Å². The molecule has 0 unspecified atom stereocenters. The van der Waals surface area contributed by atoms with Crippen LogP contribution in [0.5, 0.6) is 0 Å². The van der Waals surface area contributed by atoms with Crippen LogP contribution in [0.15, 0.2) is 52.3 Å². The SMILES string of the molecule is Cc1ccccc1S(=O)(=O)CCn1cc(N)ccc1=O. The molecule has 1 aromatic carbocycles. The first-order valence-electron chi connectivity index (χ1n) is 6.14. The Balaban J connectivity index is 2.24. The Morgan fingerprint density at radius 2 is 1.85 bits per heavy atom. The lowest BCUT2D eigenvalue weighted by Gasteiger charge is -2.09. The minimum atomic E-state index is -3.42. The fraction of sp³-hybridized carbons (Fsp3) is 0.214. The van der Waals surface area contributed by atoms with Gasteiger partial charge in [0.15, 0.2) is 9.84 Å². The van der Waals surface area contributed by atoms with Crippen LogP contribution in [0.2, 0.25) is 0 Å². The molecule has 0 saturated carbocycles. The van der Waals surface area contributed by atoms with E-state index in [0.717, 1.165) is 0 Å². The number of nitrogens with two attached hydrogens (primary N) is 1. The van der Waals surface area contributed by atoms with Crippen LogP contribution in [-0.2, 0) is 16.4 Å². The van der Waals surface area contributed by atoms with Crippen molar-refractivity contribution < 1.29 is 8.42 Å². The predicted octanol–water partition coefficient (Wildman–Crippen LogP) is 1.21. The van der Waals surface area contributed by atoms with E-state index < -0.39 is 9.84 Å². The van der Waals surface area contributed by atoms with Crippen LogP contribution < -0.4 is 11.3 Å². The van der Waals surface area contributed by atoms with Gasteiger partial charge in [-0.15, -0.1) is 0 Å². The molecule has 0 atom stereocenters. The van der Waals surface area contributed by atoms with Crippen molar-refractivity contribution in [2.24, 2.45) is 0 Å². The van der Waals surface area contributed by atoms with Gasteiger partial charge in [-0.1, -0.05) is 18.2 Å². The molecule has 0 saturated heterocycles. The van der Waals surface area contributed by atoms with Crippen LogP contribution in [0.3, 0.4) is 0 Å². The van der Waals surface area contributed by atoms with Crippen molar-refractivity contribution in [1.82, 2.24) is 4.57 Å². The van der Waals surface area contributed by atoms with Gasteiger partial charge in [-0.3, -0.25) is 4.79 Å². The van der Waals surface area contributed by atoms with Gasteiger partial charge in [-0.25, -0.2) is 8.42 Å². The molecule has 2 N–H and O–H groups in total. The topological polar surface area (TPSA) is 82.2 Å². The van der Waals surface area contributed by atoms with E-state index in [2.05, 4.69) is 0 Å².